The minimum absolute atomic E-state index is 0.00611. The number of para-hydroxylation sites is 1. The van der Waals surface area contributed by atoms with Gasteiger partial charge in [-0.05, 0) is 37.8 Å². The Kier molecular flexibility index (Phi) is 5.51. The highest BCUT2D eigenvalue weighted by Crippen LogP contribution is 2.28. The molecule has 1 aromatic carbocycles. The lowest BCUT2D eigenvalue weighted by atomic mass is 9.93. The molecule has 0 radical (unpaired) electrons. The predicted octanol–water partition coefficient (Wildman–Crippen LogP) is 1.43. The van der Waals surface area contributed by atoms with E-state index in [0.29, 0.717) is 26.1 Å². The fourth-order valence-electron chi connectivity index (χ4n) is 4.51. The summed E-state index contributed by atoms with van der Waals surface area (Å²) >= 11 is 0. The summed E-state index contributed by atoms with van der Waals surface area (Å²) in [5.74, 6) is 0.808. The van der Waals surface area contributed by atoms with E-state index in [-0.39, 0.29) is 35.8 Å². The van der Waals surface area contributed by atoms with Crippen molar-refractivity contribution >= 4 is 17.5 Å². The summed E-state index contributed by atoms with van der Waals surface area (Å²) in [4.78, 5) is 41.0. The van der Waals surface area contributed by atoms with Crippen LogP contribution in [0, 0.1) is 11.8 Å². The van der Waals surface area contributed by atoms with Gasteiger partial charge in [-0.3, -0.25) is 14.2 Å². The van der Waals surface area contributed by atoms with Crippen LogP contribution in [0.5, 0.6) is 0 Å². The molecule has 2 aliphatic heterocycles. The molecule has 154 valence electrons. The molecule has 2 fully saturated rings. The van der Waals surface area contributed by atoms with Crippen molar-refractivity contribution in [3.8, 4) is 0 Å². The van der Waals surface area contributed by atoms with E-state index in [1.807, 2.05) is 42.2 Å². The zero-order chi connectivity index (χ0) is 20.4. The number of amides is 2. The SMILES string of the molecule is CCn1c(C[C@H]2CCCN(C(=O)[C@@H]3CC(=O)N(c4ccccc4)C3)C2)n[nH]c1=O. The van der Waals surface area contributed by atoms with Crippen molar-refractivity contribution in [1.29, 1.82) is 0 Å². The van der Waals surface area contributed by atoms with E-state index in [2.05, 4.69) is 10.2 Å². The number of likely N-dealkylation sites (tertiary alicyclic amines) is 1. The summed E-state index contributed by atoms with van der Waals surface area (Å²) in [7, 11) is 0. The first-order valence-electron chi connectivity index (χ1n) is 10.3. The van der Waals surface area contributed by atoms with E-state index in [0.717, 1.165) is 30.9 Å². The highest BCUT2D eigenvalue weighted by Gasteiger charge is 2.38. The van der Waals surface area contributed by atoms with Crippen LogP contribution in [-0.2, 0) is 22.6 Å². The molecular weight excluding hydrogens is 370 g/mol. The lowest BCUT2D eigenvalue weighted by molar-refractivity contribution is -0.137. The topological polar surface area (TPSA) is 91.3 Å². The summed E-state index contributed by atoms with van der Waals surface area (Å²) in [6, 6.07) is 9.52. The van der Waals surface area contributed by atoms with Crippen LogP contribution in [0.2, 0.25) is 0 Å². The van der Waals surface area contributed by atoms with E-state index in [4.69, 9.17) is 0 Å². The number of aromatic nitrogens is 3. The average molecular weight is 397 g/mol. The van der Waals surface area contributed by atoms with Crippen molar-refractivity contribution in [2.24, 2.45) is 11.8 Å². The minimum Gasteiger partial charge on any atom is -0.342 e. The zero-order valence-electron chi connectivity index (χ0n) is 16.7. The number of nitrogens with zero attached hydrogens (tertiary/aromatic N) is 4. The van der Waals surface area contributed by atoms with Crippen molar-refractivity contribution in [3.05, 3.63) is 46.6 Å². The van der Waals surface area contributed by atoms with E-state index in [9.17, 15) is 14.4 Å². The van der Waals surface area contributed by atoms with E-state index in [1.54, 1.807) is 9.47 Å². The van der Waals surface area contributed by atoms with Crippen molar-refractivity contribution < 1.29 is 9.59 Å². The van der Waals surface area contributed by atoms with Gasteiger partial charge < -0.3 is 9.80 Å². The maximum absolute atomic E-state index is 13.1. The number of rotatable bonds is 5. The van der Waals surface area contributed by atoms with Crippen molar-refractivity contribution in [3.63, 3.8) is 0 Å². The number of benzene rings is 1. The van der Waals surface area contributed by atoms with Crippen molar-refractivity contribution in [1.82, 2.24) is 19.7 Å². The van der Waals surface area contributed by atoms with E-state index < -0.39 is 0 Å². The molecule has 2 atom stereocenters. The number of carbonyl (C=O) groups is 2. The Morgan fingerprint density at radius 3 is 2.76 bits per heavy atom. The Bertz CT molecular complexity index is 935. The van der Waals surface area contributed by atoms with Gasteiger partial charge in [0.05, 0.1) is 5.92 Å². The summed E-state index contributed by atoms with van der Waals surface area (Å²) in [6.07, 6.45) is 2.88. The predicted molar refractivity (Wildman–Crippen MR) is 108 cm³/mol. The van der Waals surface area contributed by atoms with E-state index >= 15 is 0 Å². The van der Waals surface area contributed by atoms with Gasteiger partial charge in [0.25, 0.3) is 0 Å². The molecule has 4 rings (SSSR count). The third kappa shape index (κ3) is 3.97. The second kappa shape index (κ2) is 8.23. The maximum Gasteiger partial charge on any atom is 0.343 e. The second-order valence-electron chi connectivity index (χ2n) is 7.93. The van der Waals surface area contributed by atoms with Gasteiger partial charge in [-0.2, -0.15) is 5.10 Å². The maximum atomic E-state index is 13.1. The Morgan fingerprint density at radius 1 is 1.21 bits per heavy atom. The molecule has 29 heavy (non-hydrogen) atoms. The third-order valence-electron chi connectivity index (χ3n) is 6.00. The van der Waals surface area contributed by atoms with Gasteiger partial charge in [0.1, 0.15) is 5.82 Å². The molecule has 8 heteroatoms. The quantitative estimate of drug-likeness (QED) is 0.826. The smallest absolute Gasteiger partial charge is 0.342 e. The highest BCUT2D eigenvalue weighted by atomic mass is 16.2. The number of H-pyrrole nitrogens is 1. The van der Waals surface area contributed by atoms with Gasteiger partial charge in [-0.25, -0.2) is 9.89 Å². The fraction of sp³-hybridized carbons (Fsp3) is 0.524. The zero-order valence-corrected chi connectivity index (χ0v) is 16.7. The molecular formula is C21H27N5O3. The van der Waals surface area contributed by atoms with E-state index in [1.165, 1.54) is 0 Å². The second-order valence-corrected chi connectivity index (χ2v) is 7.93. The summed E-state index contributed by atoms with van der Waals surface area (Å²) in [5.41, 5.74) is 0.664. The number of anilines is 1. The summed E-state index contributed by atoms with van der Waals surface area (Å²) < 4.78 is 1.65. The first kappa shape index (κ1) is 19.4. The average Bonchev–Trinajstić information content (AvgIpc) is 3.30. The standard InChI is InChI=1S/C21H27N5O3/c1-2-25-18(22-23-21(25)29)11-15-7-6-10-24(13-15)20(28)16-12-19(27)26(14-16)17-8-4-3-5-9-17/h3-5,8-9,15-16H,2,6-7,10-14H2,1H3,(H,23,29)/t15-,16-/m1/s1. The summed E-state index contributed by atoms with van der Waals surface area (Å²) in [5, 5.41) is 6.67. The minimum atomic E-state index is -0.291. The van der Waals surface area contributed by atoms with Gasteiger partial charge >= 0.3 is 5.69 Å². The van der Waals surface area contributed by atoms with Crippen LogP contribution in [0.1, 0.15) is 32.0 Å². The van der Waals surface area contributed by atoms with Crippen LogP contribution < -0.4 is 10.6 Å². The Morgan fingerprint density at radius 2 is 2.00 bits per heavy atom. The molecule has 1 N–H and O–H groups in total. The van der Waals surface area contributed by atoms with Crippen LogP contribution in [0.3, 0.4) is 0 Å². The number of nitrogens with one attached hydrogen (secondary N) is 1. The molecule has 0 aliphatic carbocycles. The molecule has 8 nitrogen and oxygen atoms in total. The fourth-order valence-corrected chi connectivity index (χ4v) is 4.51. The van der Waals surface area contributed by atoms with Gasteiger partial charge in [0.15, 0.2) is 0 Å². The Balaban J connectivity index is 1.40. The molecule has 2 aromatic rings. The first-order valence-corrected chi connectivity index (χ1v) is 10.3. The molecule has 0 unspecified atom stereocenters. The van der Waals surface area contributed by atoms with Gasteiger partial charge in [0, 0.05) is 44.7 Å². The normalized spacial score (nSPS) is 22.3. The molecule has 0 bridgehead atoms. The Hall–Kier alpha value is -2.90. The monoisotopic (exact) mass is 397 g/mol. The molecule has 2 aliphatic rings. The summed E-state index contributed by atoms with van der Waals surface area (Å²) in [6.45, 7) is 4.33. The largest absolute Gasteiger partial charge is 0.343 e. The van der Waals surface area contributed by atoms with Crippen molar-refractivity contribution in [2.75, 3.05) is 24.5 Å². The highest BCUT2D eigenvalue weighted by molar-refractivity contribution is 6.00. The van der Waals surface area contributed by atoms with Crippen molar-refractivity contribution in [2.45, 2.75) is 39.2 Å². The van der Waals surface area contributed by atoms with Crippen LogP contribution in [-0.4, -0.2) is 51.1 Å². The van der Waals surface area contributed by atoms with Gasteiger partial charge in [0.2, 0.25) is 11.8 Å². The molecule has 2 amide bonds. The molecule has 0 saturated carbocycles. The number of hydrogen-bond acceptors (Lipinski definition) is 4. The first-order chi connectivity index (χ1) is 14.1. The molecule has 1 aromatic heterocycles. The number of piperidine rings is 1. The number of aromatic amines is 1. The lowest BCUT2D eigenvalue weighted by Gasteiger charge is -2.34. The van der Waals surface area contributed by atoms with Crippen LogP contribution in [0.15, 0.2) is 35.1 Å². The lowest BCUT2D eigenvalue weighted by Crippen LogP contribution is -2.44. The Labute approximate surface area is 169 Å². The number of hydrogen-bond donors (Lipinski definition) is 1. The molecule has 3 heterocycles. The molecule has 2 saturated heterocycles. The van der Waals surface area contributed by atoms with Crippen LogP contribution in [0.25, 0.3) is 0 Å². The van der Waals surface area contributed by atoms with Gasteiger partial charge in [-0.15, -0.1) is 0 Å². The third-order valence-corrected chi connectivity index (χ3v) is 6.00. The van der Waals surface area contributed by atoms with Gasteiger partial charge in [-0.1, -0.05) is 18.2 Å². The van der Waals surface area contributed by atoms with Crippen LogP contribution >= 0.6 is 0 Å². The molecule has 0 spiro atoms. The van der Waals surface area contributed by atoms with Crippen LogP contribution in [0.4, 0.5) is 5.69 Å². The number of carbonyl (C=O) groups excluding carboxylic acids is 2.